The molecular formula is C12H22N2O4. The van der Waals surface area contributed by atoms with Gasteiger partial charge in [-0.1, -0.05) is 13.3 Å². The summed E-state index contributed by atoms with van der Waals surface area (Å²) in [6, 6.07) is -1.81. The second-order valence-electron chi connectivity index (χ2n) is 5.09. The first-order valence-electron chi connectivity index (χ1n) is 6.35. The monoisotopic (exact) mass is 258 g/mol. The van der Waals surface area contributed by atoms with E-state index in [1.54, 1.807) is 0 Å². The molecule has 0 heterocycles. The molecule has 4 N–H and O–H groups in total. The van der Waals surface area contributed by atoms with E-state index in [2.05, 4.69) is 17.6 Å². The zero-order valence-electron chi connectivity index (χ0n) is 10.9. The number of carboxylic acid groups (broad SMARTS) is 1. The average molecular weight is 258 g/mol. The van der Waals surface area contributed by atoms with Gasteiger partial charge in [-0.15, -0.1) is 0 Å². The fraction of sp³-hybridized carbons (Fsp3) is 0.833. The van der Waals surface area contributed by atoms with Gasteiger partial charge in [0.2, 0.25) is 0 Å². The third-order valence-corrected chi connectivity index (χ3v) is 3.82. The number of carboxylic acids is 1. The smallest absolute Gasteiger partial charge is 0.328 e. The van der Waals surface area contributed by atoms with Crippen molar-refractivity contribution in [1.29, 1.82) is 0 Å². The van der Waals surface area contributed by atoms with Gasteiger partial charge in [-0.2, -0.15) is 0 Å². The minimum Gasteiger partial charge on any atom is -0.480 e. The van der Waals surface area contributed by atoms with Crippen LogP contribution in [0.15, 0.2) is 0 Å². The van der Waals surface area contributed by atoms with Crippen LogP contribution in [-0.2, 0) is 4.79 Å². The van der Waals surface area contributed by atoms with Crippen LogP contribution in [0.5, 0.6) is 0 Å². The molecule has 0 saturated heterocycles. The second-order valence-corrected chi connectivity index (χ2v) is 5.09. The summed E-state index contributed by atoms with van der Waals surface area (Å²) in [6.45, 7) is 3.98. The molecule has 0 aromatic rings. The van der Waals surface area contributed by atoms with Crippen molar-refractivity contribution in [2.75, 3.05) is 6.54 Å². The van der Waals surface area contributed by atoms with E-state index in [0.717, 1.165) is 19.3 Å². The number of urea groups is 1. The van der Waals surface area contributed by atoms with Crippen LogP contribution in [0.1, 0.15) is 39.5 Å². The number of hydrogen-bond donors (Lipinski definition) is 4. The van der Waals surface area contributed by atoms with Gasteiger partial charge in [0.1, 0.15) is 0 Å². The first kappa shape index (κ1) is 14.8. The minimum absolute atomic E-state index is 0.181. The van der Waals surface area contributed by atoms with E-state index in [9.17, 15) is 14.7 Å². The van der Waals surface area contributed by atoms with Crippen molar-refractivity contribution in [3.63, 3.8) is 0 Å². The Labute approximate surface area is 107 Å². The van der Waals surface area contributed by atoms with Crippen molar-refractivity contribution in [2.24, 2.45) is 5.41 Å². The summed E-state index contributed by atoms with van der Waals surface area (Å²) in [5.41, 5.74) is 0.181. The van der Waals surface area contributed by atoms with Gasteiger partial charge in [-0.3, -0.25) is 0 Å². The van der Waals surface area contributed by atoms with E-state index in [1.165, 1.54) is 13.3 Å². The Kier molecular flexibility index (Phi) is 4.95. The first-order chi connectivity index (χ1) is 8.40. The molecule has 1 rings (SSSR count). The van der Waals surface area contributed by atoms with Gasteiger partial charge in [0.15, 0.2) is 6.04 Å². The van der Waals surface area contributed by atoms with E-state index >= 15 is 0 Å². The van der Waals surface area contributed by atoms with Gasteiger partial charge in [0, 0.05) is 6.54 Å². The molecule has 0 aromatic heterocycles. The Balaban J connectivity index is 2.39. The maximum absolute atomic E-state index is 11.6. The lowest BCUT2D eigenvalue weighted by molar-refractivity contribution is -0.141. The highest BCUT2D eigenvalue weighted by Crippen LogP contribution is 2.42. The number of aliphatic carboxylic acids is 1. The summed E-state index contributed by atoms with van der Waals surface area (Å²) >= 11 is 0. The Hall–Kier alpha value is -1.30. The van der Waals surface area contributed by atoms with Crippen molar-refractivity contribution in [3.8, 4) is 0 Å². The van der Waals surface area contributed by atoms with E-state index in [1.807, 2.05) is 0 Å². The molecule has 0 unspecified atom stereocenters. The van der Waals surface area contributed by atoms with Gasteiger partial charge in [0.05, 0.1) is 6.10 Å². The van der Waals surface area contributed by atoms with Crippen LogP contribution in [0.4, 0.5) is 4.79 Å². The topological polar surface area (TPSA) is 98.7 Å². The van der Waals surface area contributed by atoms with Gasteiger partial charge >= 0.3 is 12.0 Å². The highest BCUT2D eigenvalue weighted by atomic mass is 16.4. The number of hydrogen-bond acceptors (Lipinski definition) is 3. The lowest BCUT2D eigenvalue weighted by Crippen LogP contribution is -2.53. The van der Waals surface area contributed by atoms with Crippen molar-refractivity contribution in [3.05, 3.63) is 0 Å². The predicted molar refractivity (Wildman–Crippen MR) is 66.2 cm³/mol. The summed E-state index contributed by atoms with van der Waals surface area (Å²) in [7, 11) is 0. The zero-order chi connectivity index (χ0) is 13.8. The maximum Gasteiger partial charge on any atom is 0.328 e. The minimum atomic E-state index is -1.27. The third-order valence-electron chi connectivity index (χ3n) is 3.82. The number of rotatable bonds is 6. The molecule has 1 fully saturated rings. The lowest BCUT2D eigenvalue weighted by Gasteiger charge is -2.41. The van der Waals surface area contributed by atoms with E-state index < -0.39 is 24.1 Å². The molecule has 2 atom stereocenters. The van der Waals surface area contributed by atoms with Crippen molar-refractivity contribution >= 4 is 12.0 Å². The molecule has 104 valence electrons. The quantitative estimate of drug-likeness (QED) is 0.563. The SMILES string of the molecule is CCC1(CNC(=O)N[C@H](C(=O)O)[C@@H](C)O)CCC1. The van der Waals surface area contributed by atoms with Crippen LogP contribution in [0, 0.1) is 5.41 Å². The second kappa shape index (κ2) is 6.04. The van der Waals surface area contributed by atoms with Gasteiger partial charge in [-0.05, 0) is 31.6 Å². The van der Waals surface area contributed by atoms with Crippen molar-refractivity contribution in [1.82, 2.24) is 10.6 Å². The van der Waals surface area contributed by atoms with Crippen LogP contribution in [-0.4, -0.2) is 40.9 Å². The average Bonchev–Trinajstić information content (AvgIpc) is 2.24. The molecule has 0 aromatic carbocycles. The van der Waals surface area contributed by atoms with Crippen LogP contribution in [0.25, 0.3) is 0 Å². The molecular weight excluding hydrogens is 236 g/mol. The fourth-order valence-electron chi connectivity index (χ4n) is 2.18. The van der Waals surface area contributed by atoms with Gasteiger partial charge in [0.25, 0.3) is 0 Å². The van der Waals surface area contributed by atoms with Gasteiger partial charge < -0.3 is 20.8 Å². The summed E-state index contributed by atoms with van der Waals surface area (Å²) in [5, 5.41) is 23.0. The molecule has 18 heavy (non-hydrogen) atoms. The molecule has 2 amide bonds. The predicted octanol–water partition coefficient (Wildman–Crippen LogP) is 0.700. The molecule has 1 saturated carbocycles. The molecule has 6 heteroatoms. The van der Waals surface area contributed by atoms with Crippen molar-refractivity contribution < 1.29 is 19.8 Å². The fourth-order valence-corrected chi connectivity index (χ4v) is 2.18. The number of amides is 2. The third kappa shape index (κ3) is 3.60. The van der Waals surface area contributed by atoms with E-state index in [0.29, 0.717) is 6.54 Å². The number of carbonyl (C=O) groups is 2. The Morgan fingerprint density at radius 2 is 2.00 bits per heavy atom. The van der Waals surface area contributed by atoms with Crippen molar-refractivity contribution in [2.45, 2.75) is 51.7 Å². The molecule has 1 aliphatic rings. The van der Waals surface area contributed by atoms with E-state index in [-0.39, 0.29) is 5.41 Å². The summed E-state index contributed by atoms with van der Waals surface area (Å²) in [5.74, 6) is -1.24. The normalized spacial score (nSPS) is 20.4. The largest absolute Gasteiger partial charge is 0.480 e. The highest BCUT2D eigenvalue weighted by molar-refractivity contribution is 5.82. The van der Waals surface area contributed by atoms with Crippen LogP contribution < -0.4 is 10.6 Å². The Morgan fingerprint density at radius 3 is 2.33 bits per heavy atom. The standard InChI is InChI=1S/C12H22N2O4/c1-3-12(5-4-6-12)7-13-11(18)14-9(8(2)15)10(16)17/h8-9,15H,3-7H2,1-2H3,(H,16,17)(H2,13,14,18)/t8-,9+/m1/s1. The lowest BCUT2D eigenvalue weighted by atomic mass is 9.67. The summed E-state index contributed by atoms with van der Waals surface area (Å²) in [6.07, 6.45) is 3.26. The number of nitrogens with one attached hydrogen (secondary N) is 2. The molecule has 0 radical (unpaired) electrons. The maximum atomic E-state index is 11.6. The number of aliphatic hydroxyl groups is 1. The molecule has 0 bridgehead atoms. The number of carbonyl (C=O) groups excluding carboxylic acids is 1. The molecule has 0 spiro atoms. The van der Waals surface area contributed by atoms with Crippen LogP contribution in [0.2, 0.25) is 0 Å². The molecule has 1 aliphatic carbocycles. The molecule has 0 aliphatic heterocycles. The van der Waals surface area contributed by atoms with E-state index in [4.69, 9.17) is 5.11 Å². The van der Waals surface area contributed by atoms with Gasteiger partial charge in [-0.25, -0.2) is 9.59 Å². The summed E-state index contributed by atoms with van der Waals surface area (Å²) in [4.78, 5) is 22.4. The summed E-state index contributed by atoms with van der Waals surface area (Å²) < 4.78 is 0. The molecule has 6 nitrogen and oxygen atoms in total. The highest BCUT2D eigenvalue weighted by Gasteiger charge is 2.35. The zero-order valence-corrected chi connectivity index (χ0v) is 10.9. The Morgan fingerprint density at radius 1 is 1.39 bits per heavy atom. The first-order valence-corrected chi connectivity index (χ1v) is 6.35. The van der Waals surface area contributed by atoms with Crippen LogP contribution in [0.3, 0.4) is 0 Å². The Bertz CT molecular complexity index is 308. The van der Waals surface area contributed by atoms with Crippen LogP contribution >= 0.6 is 0 Å². The number of aliphatic hydroxyl groups excluding tert-OH is 1.